The van der Waals surface area contributed by atoms with E-state index in [0.29, 0.717) is 11.4 Å². The fraction of sp³-hybridized carbons (Fsp3) is 0.273. The third-order valence-electron chi connectivity index (χ3n) is 6.34. The van der Waals surface area contributed by atoms with Gasteiger partial charge in [0.05, 0.1) is 18.7 Å². The van der Waals surface area contributed by atoms with E-state index in [1.165, 1.54) is 11.6 Å². The van der Waals surface area contributed by atoms with E-state index in [1.54, 1.807) is 0 Å². The van der Waals surface area contributed by atoms with Crippen molar-refractivity contribution in [1.29, 1.82) is 0 Å². The summed E-state index contributed by atoms with van der Waals surface area (Å²) in [5.74, 6) is -1.82. The Bertz CT molecular complexity index is 1320. The van der Waals surface area contributed by atoms with E-state index >= 15 is 0 Å². The fourth-order valence-corrected chi connectivity index (χ4v) is 7.03. The van der Waals surface area contributed by atoms with E-state index in [0.717, 1.165) is 16.0 Å². The number of carboxylic acid groups (broad SMARTS) is 1. The molecule has 5 rings (SSSR count). The standard InChI is InChI=1S/C22H20N4O5S/c1-22(20(21(28)29)26-16(27)12-17(26)32(22,30)31)13-25-19(15-10-6-3-7-11-15)18(23-24-25)14-8-4-2-5-9-14/h2-11,17,20H,12-13H2,1H3,(H,28,29)/t17-,20+,22+/m1/s1. The Balaban J connectivity index is 1.67. The molecule has 3 heterocycles. The lowest BCUT2D eigenvalue weighted by molar-refractivity contribution is -0.157. The van der Waals surface area contributed by atoms with Gasteiger partial charge in [-0.3, -0.25) is 4.79 Å². The number of rotatable bonds is 5. The first-order chi connectivity index (χ1) is 15.3. The summed E-state index contributed by atoms with van der Waals surface area (Å²) in [5.41, 5.74) is 2.70. The SMILES string of the molecule is C[C@]1(Cn2nnc(-c3ccccc3)c2-c2ccccc2)[C@H](C(=O)O)N2C(=O)C[C@H]2S1(=O)=O. The predicted octanol–water partition coefficient (Wildman–Crippen LogP) is 1.81. The number of carboxylic acids is 1. The van der Waals surface area contributed by atoms with Crippen LogP contribution in [0.4, 0.5) is 0 Å². The lowest BCUT2D eigenvalue weighted by atomic mass is 9.96. The highest BCUT2D eigenvalue weighted by atomic mass is 32.2. The Morgan fingerprint density at radius 3 is 2.25 bits per heavy atom. The number of aromatic nitrogens is 3. The third kappa shape index (κ3) is 2.72. The molecule has 164 valence electrons. The van der Waals surface area contributed by atoms with Crippen LogP contribution in [0, 0.1) is 0 Å². The first-order valence-corrected chi connectivity index (χ1v) is 11.6. The Hall–Kier alpha value is -3.53. The van der Waals surface area contributed by atoms with E-state index in [2.05, 4.69) is 10.3 Å². The highest BCUT2D eigenvalue weighted by molar-refractivity contribution is 7.93. The monoisotopic (exact) mass is 452 g/mol. The molecule has 2 saturated heterocycles. The molecule has 9 nitrogen and oxygen atoms in total. The zero-order chi connectivity index (χ0) is 22.7. The molecule has 2 aromatic carbocycles. The number of benzene rings is 2. The van der Waals surface area contributed by atoms with Gasteiger partial charge in [-0.05, 0) is 6.92 Å². The van der Waals surface area contributed by atoms with E-state index in [1.807, 2.05) is 60.7 Å². The molecule has 2 fully saturated rings. The van der Waals surface area contributed by atoms with Gasteiger partial charge in [-0.1, -0.05) is 65.9 Å². The summed E-state index contributed by atoms with van der Waals surface area (Å²) >= 11 is 0. The van der Waals surface area contributed by atoms with Crippen LogP contribution in [-0.4, -0.2) is 61.5 Å². The average molecular weight is 452 g/mol. The molecule has 2 aliphatic rings. The maximum atomic E-state index is 13.3. The summed E-state index contributed by atoms with van der Waals surface area (Å²) in [4.78, 5) is 25.2. The van der Waals surface area contributed by atoms with Crippen LogP contribution in [0.1, 0.15) is 13.3 Å². The van der Waals surface area contributed by atoms with Gasteiger partial charge in [-0.25, -0.2) is 17.9 Å². The van der Waals surface area contributed by atoms with Gasteiger partial charge < -0.3 is 10.0 Å². The zero-order valence-corrected chi connectivity index (χ0v) is 17.9. The smallest absolute Gasteiger partial charge is 0.328 e. The molecule has 3 aromatic rings. The molecule has 2 aliphatic heterocycles. The van der Waals surface area contributed by atoms with Crippen molar-refractivity contribution < 1.29 is 23.1 Å². The molecular formula is C22H20N4O5S. The molecule has 3 atom stereocenters. The predicted molar refractivity (Wildman–Crippen MR) is 115 cm³/mol. The second-order valence-corrected chi connectivity index (χ2v) is 10.8. The van der Waals surface area contributed by atoms with E-state index < -0.39 is 37.9 Å². The molecule has 0 bridgehead atoms. The first-order valence-electron chi connectivity index (χ1n) is 10.1. The van der Waals surface area contributed by atoms with Crippen LogP contribution in [0.2, 0.25) is 0 Å². The van der Waals surface area contributed by atoms with Crippen molar-refractivity contribution in [3.8, 4) is 22.5 Å². The van der Waals surface area contributed by atoms with Gasteiger partial charge in [0, 0.05) is 11.1 Å². The number of sulfone groups is 1. The number of hydrogen-bond acceptors (Lipinski definition) is 6. The summed E-state index contributed by atoms with van der Waals surface area (Å²) in [7, 11) is -3.97. The third-order valence-corrected chi connectivity index (χ3v) is 9.10. The number of aliphatic carboxylic acids is 1. The summed E-state index contributed by atoms with van der Waals surface area (Å²) in [6.45, 7) is 1.13. The summed E-state index contributed by atoms with van der Waals surface area (Å²) < 4.78 is 26.4. The highest BCUT2D eigenvalue weighted by Crippen LogP contribution is 2.47. The van der Waals surface area contributed by atoms with Crippen LogP contribution in [0.5, 0.6) is 0 Å². The van der Waals surface area contributed by atoms with Gasteiger partial charge in [0.15, 0.2) is 15.9 Å². The molecule has 1 aromatic heterocycles. The Morgan fingerprint density at radius 2 is 1.69 bits per heavy atom. The second-order valence-electron chi connectivity index (χ2n) is 8.23. The van der Waals surface area contributed by atoms with Gasteiger partial charge in [0.25, 0.3) is 0 Å². The van der Waals surface area contributed by atoms with Crippen LogP contribution in [-0.2, 0) is 26.0 Å². The van der Waals surface area contributed by atoms with Crippen LogP contribution >= 0.6 is 0 Å². The number of amides is 1. The minimum Gasteiger partial charge on any atom is -0.480 e. The number of fused-ring (bicyclic) bond motifs is 1. The molecule has 1 amide bonds. The number of β-lactam (4-membered cyclic amide) rings is 1. The van der Waals surface area contributed by atoms with Gasteiger partial charge in [0.1, 0.15) is 15.8 Å². The van der Waals surface area contributed by atoms with Crippen LogP contribution < -0.4 is 0 Å². The van der Waals surface area contributed by atoms with Crippen molar-refractivity contribution in [2.24, 2.45) is 0 Å². The van der Waals surface area contributed by atoms with Crippen molar-refractivity contribution in [1.82, 2.24) is 19.9 Å². The van der Waals surface area contributed by atoms with Crippen molar-refractivity contribution in [3.63, 3.8) is 0 Å². The number of hydrogen-bond donors (Lipinski definition) is 1. The molecule has 0 radical (unpaired) electrons. The number of carbonyl (C=O) groups excluding carboxylic acids is 1. The minimum atomic E-state index is -3.97. The number of carbonyl (C=O) groups is 2. The molecule has 0 saturated carbocycles. The maximum Gasteiger partial charge on any atom is 0.328 e. The normalized spacial score (nSPS) is 25.9. The summed E-state index contributed by atoms with van der Waals surface area (Å²) in [6.07, 6.45) is -0.195. The molecule has 0 spiro atoms. The zero-order valence-electron chi connectivity index (χ0n) is 17.1. The molecule has 10 heteroatoms. The van der Waals surface area contributed by atoms with Crippen LogP contribution in [0.3, 0.4) is 0 Å². The van der Waals surface area contributed by atoms with Gasteiger partial charge in [-0.15, -0.1) is 5.10 Å². The average Bonchev–Trinajstić information content (AvgIpc) is 3.24. The van der Waals surface area contributed by atoms with Crippen molar-refractivity contribution >= 4 is 21.7 Å². The Labute approximate surface area is 184 Å². The fourth-order valence-electron chi connectivity index (χ4n) is 4.68. The maximum absolute atomic E-state index is 13.3. The van der Waals surface area contributed by atoms with E-state index in [-0.39, 0.29) is 13.0 Å². The highest BCUT2D eigenvalue weighted by Gasteiger charge is 2.70. The number of nitrogens with zero attached hydrogens (tertiary/aromatic N) is 4. The van der Waals surface area contributed by atoms with E-state index in [4.69, 9.17) is 0 Å². The Kier molecular flexibility index (Phi) is 4.45. The summed E-state index contributed by atoms with van der Waals surface area (Å²) in [6, 6.07) is 17.1. The van der Waals surface area contributed by atoms with Crippen molar-refractivity contribution in [3.05, 3.63) is 60.7 Å². The van der Waals surface area contributed by atoms with Gasteiger partial charge >= 0.3 is 5.97 Å². The molecule has 1 N–H and O–H groups in total. The second kappa shape index (κ2) is 6.99. The van der Waals surface area contributed by atoms with Gasteiger partial charge in [0.2, 0.25) is 5.91 Å². The quantitative estimate of drug-likeness (QED) is 0.586. The molecule has 0 aliphatic carbocycles. The van der Waals surface area contributed by atoms with Crippen molar-refractivity contribution in [2.75, 3.05) is 0 Å². The minimum absolute atomic E-state index is 0.195. The van der Waals surface area contributed by atoms with Crippen LogP contribution in [0.25, 0.3) is 22.5 Å². The Morgan fingerprint density at radius 1 is 1.09 bits per heavy atom. The largest absolute Gasteiger partial charge is 0.480 e. The van der Waals surface area contributed by atoms with E-state index in [9.17, 15) is 23.1 Å². The lowest BCUT2D eigenvalue weighted by Gasteiger charge is -2.35. The summed E-state index contributed by atoms with van der Waals surface area (Å²) in [5, 5.41) is 17.3. The van der Waals surface area contributed by atoms with Crippen molar-refractivity contribution in [2.45, 2.75) is 36.1 Å². The van der Waals surface area contributed by atoms with Crippen LogP contribution in [0.15, 0.2) is 60.7 Å². The topological polar surface area (TPSA) is 122 Å². The molecule has 32 heavy (non-hydrogen) atoms. The molecular weight excluding hydrogens is 432 g/mol. The lowest BCUT2D eigenvalue weighted by Crippen LogP contribution is -2.58. The van der Waals surface area contributed by atoms with Gasteiger partial charge in [-0.2, -0.15) is 0 Å². The molecule has 0 unspecified atom stereocenters. The first kappa shape index (κ1) is 20.4.